The van der Waals surface area contributed by atoms with E-state index >= 15 is 0 Å². The molecule has 1 aromatic heterocycles. The Balaban J connectivity index is 2.29. The molecule has 0 aliphatic heterocycles. The summed E-state index contributed by atoms with van der Waals surface area (Å²) in [6, 6.07) is 3.17. The van der Waals surface area contributed by atoms with E-state index in [0.29, 0.717) is 16.3 Å². The normalized spacial score (nSPS) is 10.8. The van der Waals surface area contributed by atoms with E-state index in [4.69, 9.17) is 9.84 Å². The lowest BCUT2D eigenvalue weighted by Gasteiger charge is -1.99. The molecule has 0 bridgehead atoms. The molecule has 2 rings (SSSR count). The number of hydrogen-bond acceptors (Lipinski definition) is 4. The Morgan fingerprint density at radius 2 is 2.00 bits per heavy atom. The smallest absolute Gasteiger partial charge is 0.347 e. The van der Waals surface area contributed by atoms with Crippen molar-refractivity contribution in [1.29, 1.82) is 0 Å². The van der Waals surface area contributed by atoms with Gasteiger partial charge >= 0.3 is 5.97 Å². The van der Waals surface area contributed by atoms with Gasteiger partial charge in [0.1, 0.15) is 16.5 Å². The molecular formula is C13H11F2NO3S. The molecule has 0 aliphatic rings. The van der Waals surface area contributed by atoms with Crippen molar-refractivity contribution in [3.8, 4) is 0 Å². The molecule has 1 heterocycles. The van der Waals surface area contributed by atoms with Crippen molar-refractivity contribution < 1.29 is 23.4 Å². The minimum Gasteiger partial charge on any atom is -0.477 e. The number of hydrogen-bond donors (Lipinski definition) is 1. The number of aromatic carboxylic acids is 1. The minimum absolute atomic E-state index is 0.0790. The van der Waals surface area contributed by atoms with Gasteiger partial charge in [-0.05, 0) is 17.7 Å². The average Bonchev–Trinajstić information content (AvgIpc) is 2.71. The predicted octanol–water partition coefficient (Wildman–Crippen LogP) is 2.86. The highest BCUT2D eigenvalue weighted by molar-refractivity contribution is 7.13. The van der Waals surface area contributed by atoms with Gasteiger partial charge < -0.3 is 9.84 Å². The number of thiazole rings is 1. The van der Waals surface area contributed by atoms with Gasteiger partial charge in [-0.15, -0.1) is 11.3 Å². The van der Waals surface area contributed by atoms with E-state index in [2.05, 4.69) is 4.98 Å². The van der Waals surface area contributed by atoms with Gasteiger partial charge in [0.2, 0.25) is 0 Å². The van der Waals surface area contributed by atoms with Gasteiger partial charge in [-0.25, -0.2) is 18.6 Å². The molecule has 106 valence electrons. The SMILES string of the molecule is COCc1nc(Cc2cc(F)cc(F)c2)sc1C(=O)O. The maximum atomic E-state index is 13.1. The fourth-order valence-corrected chi connectivity index (χ4v) is 2.71. The summed E-state index contributed by atoms with van der Waals surface area (Å²) in [5, 5.41) is 9.53. The fraction of sp³-hybridized carbons (Fsp3) is 0.231. The Morgan fingerprint density at radius 1 is 1.35 bits per heavy atom. The largest absolute Gasteiger partial charge is 0.477 e. The van der Waals surface area contributed by atoms with Crippen LogP contribution in [0, 0.1) is 11.6 Å². The predicted molar refractivity (Wildman–Crippen MR) is 69.0 cm³/mol. The van der Waals surface area contributed by atoms with Crippen LogP contribution in [0.15, 0.2) is 18.2 Å². The highest BCUT2D eigenvalue weighted by Gasteiger charge is 2.17. The van der Waals surface area contributed by atoms with Gasteiger partial charge in [0.25, 0.3) is 0 Å². The van der Waals surface area contributed by atoms with Gasteiger partial charge in [-0.2, -0.15) is 0 Å². The topological polar surface area (TPSA) is 59.4 Å². The molecule has 0 spiro atoms. The molecule has 0 aliphatic carbocycles. The molecule has 1 N–H and O–H groups in total. The van der Waals surface area contributed by atoms with E-state index in [9.17, 15) is 13.6 Å². The molecule has 1 aromatic carbocycles. The second kappa shape index (κ2) is 6.06. The van der Waals surface area contributed by atoms with Crippen LogP contribution in [0.1, 0.15) is 25.9 Å². The molecule has 4 nitrogen and oxygen atoms in total. The molecule has 0 atom stereocenters. The maximum Gasteiger partial charge on any atom is 0.347 e. The van der Waals surface area contributed by atoms with E-state index in [0.717, 1.165) is 17.4 Å². The van der Waals surface area contributed by atoms with Crippen molar-refractivity contribution in [3.63, 3.8) is 0 Å². The number of rotatable bonds is 5. The number of aromatic nitrogens is 1. The van der Waals surface area contributed by atoms with E-state index in [1.54, 1.807) is 0 Å². The average molecular weight is 299 g/mol. The van der Waals surface area contributed by atoms with Crippen molar-refractivity contribution >= 4 is 17.3 Å². The van der Waals surface area contributed by atoms with E-state index in [1.807, 2.05) is 0 Å². The first-order chi connectivity index (χ1) is 9.49. The van der Waals surface area contributed by atoms with Crippen molar-refractivity contribution in [1.82, 2.24) is 4.98 Å². The van der Waals surface area contributed by atoms with Crippen LogP contribution in [0.3, 0.4) is 0 Å². The molecule has 2 aromatic rings. The zero-order chi connectivity index (χ0) is 14.7. The number of nitrogens with zero attached hydrogens (tertiary/aromatic N) is 1. The first-order valence-corrected chi connectivity index (χ1v) is 6.47. The van der Waals surface area contributed by atoms with Crippen LogP contribution in [0.4, 0.5) is 8.78 Å². The fourth-order valence-electron chi connectivity index (χ4n) is 1.77. The van der Waals surface area contributed by atoms with Crippen molar-refractivity contribution in [3.05, 3.63) is 51.0 Å². The Labute approximate surface area is 117 Å². The van der Waals surface area contributed by atoms with Crippen molar-refractivity contribution in [2.24, 2.45) is 0 Å². The molecule has 0 saturated heterocycles. The molecule has 0 fully saturated rings. The van der Waals surface area contributed by atoms with Crippen LogP contribution in [0.2, 0.25) is 0 Å². The second-order valence-corrected chi connectivity index (χ2v) is 5.16. The van der Waals surface area contributed by atoms with Crippen LogP contribution >= 0.6 is 11.3 Å². The molecule has 0 radical (unpaired) electrons. The minimum atomic E-state index is -1.09. The van der Waals surface area contributed by atoms with Crippen LogP contribution in [0.25, 0.3) is 0 Å². The Bertz CT molecular complexity index is 622. The van der Waals surface area contributed by atoms with Crippen LogP contribution < -0.4 is 0 Å². The summed E-state index contributed by atoms with van der Waals surface area (Å²) >= 11 is 0.979. The number of ether oxygens (including phenoxy) is 1. The number of carboxylic acids is 1. The van der Waals surface area contributed by atoms with E-state index < -0.39 is 17.6 Å². The van der Waals surface area contributed by atoms with Gasteiger partial charge in [-0.3, -0.25) is 0 Å². The standard InChI is InChI=1S/C13H11F2NO3S/c1-19-6-10-12(13(17)18)20-11(16-10)4-7-2-8(14)5-9(15)3-7/h2-3,5H,4,6H2,1H3,(H,17,18). The highest BCUT2D eigenvalue weighted by Crippen LogP contribution is 2.22. The van der Waals surface area contributed by atoms with Crippen molar-refractivity contribution in [2.45, 2.75) is 13.0 Å². The Hall–Kier alpha value is -1.86. The zero-order valence-electron chi connectivity index (χ0n) is 10.5. The van der Waals surface area contributed by atoms with Crippen molar-refractivity contribution in [2.75, 3.05) is 7.11 Å². The number of methoxy groups -OCH3 is 1. The number of halogens is 2. The number of benzene rings is 1. The third-order valence-corrected chi connectivity index (χ3v) is 3.58. The highest BCUT2D eigenvalue weighted by atomic mass is 32.1. The summed E-state index contributed by atoms with van der Waals surface area (Å²) in [4.78, 5) is 15.3. The van der Waals surface area contributed by atoms with Gasteiger partial charge in [0.15, 0.2) is 0 Å². The van der Waals surface area contributed by atoms with Gasteiger partial charge in [0, 0.05) is 19.6 Å². The monoisotopic (exact) mass is 299 g/mol. The summed E-state index contributed by atoms with van der Waals surface area (Å²) in [5.74, 6) is -2.44. The summed E-state index contributed by atoms with van der Waals surface area (Å²) in [5.41, 5.74) is 0.717. The first kappa shape index (κ1) is 14.5. The lowest BCUT2D eigenvalue weighted by atomic mass is 10.1. The van der Waals surface area contributed by atoms with Crippen LogP contribution in [0.5, 0.6) is 0 Å². The second-order valence-electron chi connectivity index (χ2n) is 4.08. The van der Waals surface area contributed by atoms with Gasteiger partial charge in [-0.1, -0.05) is 0 Å². The van der Waals surface area contributed by atoms with E-state index in [-0.39, 0.29) is 17.9 Å². The Morgan fingerprint density at radius 3 is 2.55 bits per heavy atom. The molecule has 0 amide bonds. The van der Waals surface area contributed by atoms with Gasteiger partial charge in [0.05, 0.1) is 17.3 Å². The molecule has 0 saturated carbocycles. The summed E-state index contributed by atoms with van der Waals surface area (Å²) in [6.45, 7) is 0.0790. The molecule has 7 heteroatoms. The lowest BCUT2D eigenvalue weighted by molar-refractivity contribution is 0.0697. The molecule has 20 heavy (non-hydrogen) atoms. The molecular weight excluding hydrogens is 288 g/mol. The van der Waals surface area contributed by atoms with Crippen LogP contribution in [-0.2, 0) is 17.8 Å². The summed E-state index contributed by atoms with van der Waals surface area (Å²) in [7, 11) is 1.44. The lowest BCUT2D eigenvalue weighted by Crippen LogP contribution is -1.99. The molecule has 0 unspecified atom stereocenters. The third kappa shape index (κ3) is 3.37. The first-order valence-electron chi connectivity index (χ1n) is 5.65. The van der Waals surface area contributed by atoms with Crippen LogP contribution in [-0.4, -0.2) is 23.2 Å². The number of carbonyl (C=O) groups is 1. The van der Waals surface area contributed by atoms with E-state index in [1.165, 1.54) is 19.2 Å². The quantitative estimate of drug-likeness (QED) is 0.922. The zero-order valence-corrected chi connectivity index (χ0v) is 11.3. The Kier molecular flexibility index (Phi) is 4.41. The summed E-state index contributed by atoms with van der Waals surface area (Å²) in [6.07, 6.45) is 0.170. The summed E-state index contributed by atoms with van der Waals surface area (Å²) < 4.78 is 31.1. The third-order valence-electron chi connectivity index (χ3n) is 2.49. The number of carboxylic acid groups (broad SMARTS) is 1. The maximum absolute atomic E-state index is 13.1.